The Bertz CT molecular complexity index is 1720. The van der Waals surface area contributed by atoms with Gasteiger partial charge in [0.05, 0.1) is 15.6 Å². The average Bonchev–Trinajstić information content (AvgIpc) is 3.45. The van der Waals surface area contributed by atoms with Gasteiger partial charge in [-0.3, -0.25) is 14.9 Å². The lowest BCUT2D eigenvalue weighted by Gasteiger charge is -2.22. The van der Waals surface area contributed by atoms with Gasteiger partial charge in [-0.1, -0.05) is 23.7 Å². The average molecular weight is 549 g/mol. The van der Waals surface area contributed by atoms with Crippen molar-refractivity contribution < 1.29 is 9.72 Å². The van der Waals surface area contributed by atoms with Gasteiger partial charge in [-0.05, 0) is 69.2 Å². The highest BCUT2D eigenvalue weighted by Gasteiger charge is 2.23. The number of aromatic nitrogens is 3. The molecule has 5 rings (SSSR count). The summed E-state index contributed by atoms with van der Waals surface area (Å²) in [7, 11) is 0. The standard InChI is InChI=1S/C27H25ClN6O3S/c1-5-32(6-2)17-10-11-22(16(4)12-17)33-30-20-13-15(3)19(14-21(20)31-33)29-27(35)26-24(28)18-8-7-9-23(34(36)37)25(18)38-26/h7-14H,5-6H2,1-4H3,(H,29,35). The van der Waals surface area contributed by atoms with Gasteiger partial charge in [-0.2, -0.15) is 4.80 Å². The number of nitrogens with zero attached hydrogens (tertiary/aromatic N) is 5. The SMILES string of the molecule is CCN(CC)c1ccc(-n2nc3cc(C)c(NC(=O)c4sc5c([N+](=O)[O-])cccc5c4Cl)cc3n2)c(C)c1. The van der Waals surface area contributed by atoms with E-state index in [4.69, 9.17) is 11.6 Å². The Morgan fingerprint density at radius 2 is 1.79 bits per heavy atom. The van der Waals surface area contributed by atoms with Gasteiger partial charge in [0.2, 0.25) is 0 Å². The molecule has 38 heavy (non-hydrogen) atoms. The third-order valence-corrected chi connectivity index (χ3v) is 8.27. The van der Waals surface area contributed by atoms with Crippen molar-refractivity contribution in [1.29, 1.82) is 0 Å². The monoisotopic (exact) mass is 548 g/mol. The molecule has 0 radical (unpaired) electrons. The van der Waals surface area contributed by atoms with Gasteiger partial charge in [-0.25, -0.2) is 0 Å². The largest absolute Gasteiger partial charge is 0.372 e. The number of thiophene rings is 1. The number of nitro groups is 1. The van der Waals surface area contributed by atoms with Crippen LogP contribution < -0.4 is 10.2 Å². The molecule has 0 bridgehead atoms. The molecule has 2 heterocycles. The molecule has 0 aliphatic carbocycles. The Kier molecular flexibility index (Phi) is 6.77. The molecule has 0 atom stereocenters. The van der Waals surface area contributed by atoms with Crippen LogP contribution in [0.4, 0.5) is 17.1 Å². The van der Waals surface area contributed by atoms with E-state index in [-0.39, 0.29) is 15.6 Å². The van der Waals surface area contributed by atoms with Crippen molar-refractivity contribution in [3.05, 3.63) is 79.7 Å². The highest BCUT2D eigenvalue weighted by atomic mass is 35.5. The van der Waals surface area contributed by atoms with Crippen LogP contribution in [0.2, 0.25) is 5.02 Å². The summed E-state index contributed by atoms with van der Waals surface area (Å²) in [6.07, 6.45) is 0. The zero-order chi connectivity index (χ0) is 27.1. The second kappa shape index (κ2) is 10.0. The second-order valence-corrected chi connectivity index (χ2v) is 10.3. The number of benzene rings is 3. The minimum absolute atomic E-state index is 0.0805. The number of anilines is 2. The number of non-ortho nitro benzene ring substituents is 1. The van der Waals surface area contributed by atoms with E-state index in [1.165, 1.54) is 6.07 Å². The number of carbonyl (C=O) groups excluding carboxylic acids is 1. The lowest BCUT2D eigenvalue weighted by atomic mass is 10.1. The molecule has 5 aromatic rings. The Labute approximate surface area is 227 Å². The van der Waals surface area contributed by atoms with Crippen molar-refractivity contribution >= 4 is 67.0 Å². The van der Waals surface area contributed by atoms with Crippen molar-refractivity contribution in [1.82, 2.24) is 15.0 Å². The Morgan fingerprint density at radius 1 is 1.08 bits per heavy atom. The molecule has 2 aromatic heterocycles. The van der Waals surface area contributed by atoms with Gasteiger partial charge < -0.3 is 10.2 Å². The molecule has 0 aliphatic rings. The van der Waals surface area contributed by atoms with E-state index in [9.17, 15) is 14.9 Å². The van der Waals surface area contributed by atoms with Gasteiger partial charge in [0, 0.05) is 35.9 Å². The molecule has 0 saturated heterocycles. The Hall–Kier alpha value is -4.02. The minimum atomic E-state index is -0.475. The number of nitro benzene ring substituents is 1. The van der Waals surface area contributed by atoms with Crippen molar-refractivity contribution in [2.45, 2.75) is 27.7 Å². The minimum Gasteiger partial charge on any atom is -0.372 e. The van der Waals surface area contributed by atoms with E-state index in [0.717, 1.165) is 46.9 Å². The van der Waals surface area contributed by atoms with E-state index < -0.39 is 10.8 Å². The summed E-state index contributed by atoms with van der Waals surface area (Å²) < 4.78 is 0.366. The highest BCUT2D eigenvalue weighted by Crippen LogP contribution is 2.40. The maximum atomic E-state index is 13.2. The molecule has 0 saturated carbocycles. The molecular formula is C27H25ClN6O3S. The molecule has 1 N–H and O–H groups in total. The quantitative estimate of drug-likeness (QED) is 0.175. The van der Waals surface area contributed by atoms with Crippen molar-refractivity contribution in [2.75, 3.05) is 23.3 Å². The van der Waals surface area contributed by atoms with Gasteiger partial charge in [0.15, 0.2) is 0 Å². The van der Waals surface area contributed by atoms with E-state index >= 15 is 0 Å². The van der Waals surface area contributed by atoms with E-state index in [1.54, 1.807) is 23.0 Å². The van der Waals surface area contributed by atoms with Gasteiger partial charge >= 0.3 is 0 Å². The summed E-state index contributed by atoms with van der Waals surface area (Å²) in [5, 5.41) is 24.3. The fraction of sp³-hybridized carbons (Fsp3) is 0.222. The predicted octanol–water partition coefficient (Wildman–Crippen LogP) is 6.91. The Balaban J connectivity index is 1.46. The highest BCUT2D eigenvalue weighted by molar-refractivity contribution is 7.22. The second-order valence-electron chi connectivity index (χ2n) is 8.90. The number of aryl methyl sites for hydroxylation is 2. The number of fused-ring (bicyclic) bond motifs is 2. The van der Waals surface area contributed by atoms with Crippen LogP contribution in [0.5, 0.6) is 0 Å². The molecule has 0 fully saturated rings. The predicted molar refractivity (Wildman–Crippen MR) is 153 cm³/mol. The normalized spacial score (nSPS) is 11.3. The number of amides is 1. The first-order valence-corrected chi connectivity index (χ1v) is 13.3. The van der Waals surface area contributed by atoms with Crippen LogP contribution in [0.15, 0.2) is 48.5 Å². The zero-order valence-corrected chi connectivity index (χ0v) is 22.9. The maximum Gasteiger partial charge on any atom is 0.287 e. The van der Waals surface area contributed by atoms with Crippen LogP contribution in [0.25, 0.3) is 26.8 Å². The molecule has 1 amide bonds. The van der Waals surface area contributed by atoms with Crippen molar-refractivity contribution in [3.63, 3.8) is 0 Å². The third-order valence-electron chi connectivity index (χ3n) is 6.54. The zero-order valence-electron chi connectivity index (χ0n) is 21.3. The van der Waals surface area contributed by atoms with Crippen LogP contribution >= 0.6 is 22.9 Å². The summed E-state index contributed by atoms with van der Waals surface area (Å²) in [4.78, 5) is 28.2. The fourth-order valence-electron chi connectivity index (χ4n) is 4.50. The van der Waals surface area contributed by atoms with E-state index in [2.05, 4.69) is 46.4 Å². The summed E-state index contributed by atoms with van der Waals surface area (Å²) in [5.74, 6) is -0.442. The summed E-state index contributed by atoms with van der Waals surface area (Å²) in [5.41, 5.74) is 5.68. The number of hydrogen-bond acceptors (Lipinski definition) is 7. The number of rotatable bonds is 7. The molecular weight excluding hydrogens is 524 g/mol. The first-order valence-electron chi connectivity index (χ1n) is 12.1. The summed E-state index contributed by atoms with van der Waals surface area (Å²) in [6.45, 7) is 10.0. The molecule has 0 unspecified atom stereocenters. The number of nitrogens with one attached hydrogen (secondary N) is 1. The third kappa shape index (κ3) is 4.46. The van der Waals surface area contributed by atoms with Crippen LogP contribution in [-0.2, 0) is 0 Å². The van der Waals surface area contributed by atoms with Crippen LogP contribution in [0, 0.1) is 24.0 Å². The molecule has 194 valence electrons. The number of hydrogen-bond donors (Lipinski definition) is 1. The molecule has 11 heteroatoms. The van der Waals surface area contributed by atoms with Crippen LogP contribution in [0.1, 0.15) is 34.6 Å². The molecule has 9 nitrogen and oxygen atoms in total. The maximum absolute atomic E-state index is 13.2. The van der Waals surface area contributed by atoms with E-state index in [1.807, 2.05) is 26.0 Å². The number of carbonyl (C=O) groups is 1. The first-order chi connectivity index (χ1) is 18.2. The summed E-state index contributed by atoms with van der Waals surface area (Å²) >= 11 is 7.47. The van der Waals surface area contributed by atoms with Crippen LogP contribution in [-0.4, -0.2) is 38.9 Å². The lowest BCUT2D eigenvalue weighted by molar-refractivity contribution is -0.382. The van der Waals surface area contributed by atoms with E-state index in [0.29, 0.717) is 26.8 Å². The van der Waals surface area contributed by atoms with Crippen molar-refractivity contribution in [3.8, 4) is 5.69 Å². The topological polar surface area (TPSA) is 106 Å². The molecule has 0 spiro atoms. The number of halogens is 1. The van der Waals surface area contributed by atoms with Gasteiger partial charge in [0.1, 0.15) is 20.6 Å². The smallest absolute Gasteiger partial charge is 0.287 e. The fourth-order valence-corrected chi connectivity index (χ4v) is 5.99. The Morgan fingerprint density at radius 3 is 2.45 bits per heavy atom. The van der Waals surface area contributed by atoms with Gasteiger partial charge in [-0.15, -0.1) is 21.5 Å². The van der Waals surface area contributed by atoms with Crippen LogP contribution in [0.3, 0.4) is 0 Å². The lowest BCUT2D eigenvalue weighted by Crippen LogP contribution is -2.21. The summed E-state index contributed by atoms with van der Waals surface area (Å²) in [6, 6.07) is 14.5. The first kappa shape index (κ1) is 25.6. The molecule has 3 aromatic carbocycles. The van der Waals surface area contributed by atoms with Gasteiger partial charge in [0.25, 0.3) is 11.6 Å². The van der Waals surface area contributed by atoms with Crippen molar-refractivity contribution in [2.24, 2.45) is 0 Å². The molecule has 0 aliphatic heterocycles.